The minimum atomic E-state index is 0.324. The fraction of sp³-hybridized carbons (Fsp3) is 0.625. The van der Waals surface area contributed by atoms with Crippen LogP contribution in [-0.4, -0.2) is 29.7 Å². The van der Waals surface area contributed by atoms with Gasteiger partial charge < -0.3 is 10.1 Å². The average molecular weight is 277 g/mol. The lowest BCUT2D eigenvalue weighted by atomic mass is 10.1. The molecule has 0 spiro atoms. The van der Waals surface area contributed by atoms with E-state index in [0.717, 1.165) is 24.0 Å². The van der Waals surface area contributed by atoms with Gasteiger partial charge in [0.1, 0.15) is 11.9 Å². The number of rotatable bonds is 5. The van der Waals surface area contributed by atoms with Gasteiger partial charge >= 0.3 is 0 Å². The fourth-order valence-corrected chi connectivity index (χ4v) is 4.45. The summed E-state index contributed by atoms with van der Waals surface area (Å²) in [7, 11) is 0. The summed E-state index contributed by atoms with van der Waals surface area (Å²) in [6.45, 7) is 3.25. The van der Waals surface area contributed by atoms with Crippen LogP contribution in [0.3, 0.4) is 0 Å². The summed E-state index contributed by atoms with van der Waals surface area (Å²) < 4.78 is 5.99. The quantitative estimate of drug-likeness (QED) is 0.892. The molecule has 3 rings (SSSR count). The number of ether oxygens (including phenoxy) is 1. The van der Waals surface area contributed by atoms with Crippen molar-refractivity contribution in [2.45, 2.75) is 50.0 Å². The molecule has 104 valence electrons. The number of benzene rings is 1. The van der Waals surface area contributed by atoms with E-state index in [1.165, 1.54) is 30.6 Å². The topological polar surface area (TPSA) is 21.3 Å². The zero-order valence-electron chi connectivity index (χ0n) is 11.6. The van der Waals surface area contributed by atoms with Crippen molar-refractivity contribution in [2.24, 2.45) is 0 Å². The molecule has 2 nitrogen and oxygen atoms in total. The van der Waals surface area contributed by atoms with E-state index >= 15 is 0 Å². The average Bonchev–Trinajstić information content (AvgIpc) is 3.02. The third kappa shape index (κ3) is 3.09. The number of hydrogen-bond acceptors (Lipinski definition) is 3. The van der Waals surface area contributed by atoms with Crippen LogP contribution < -0.4 is 10.1 Å². The summed E-state index contributed by atoms with van der Waals surface area (Å²) in [6, 6.07) is 9.11. The second kappa shape index (κ2) is 6.19. The normalized spacial score (nSPS) is 29.2. The van der Waals surface area contributed by atoms with Gasteiger partial charge in [-0.2, -0.15) is 11.8 Å². The van der Waals surface area contributed by atoms with Crippen LogP contribution in [0, 0.1) is 0 Å². The highest BCUT2D eigenvalue weighted by Gasteiger charge is 2.29. The van der Waals surface area contributed by atoms with Crippen LogP contribution in [0.15, 0.2) is 24.3 Å². The molecule has 0 amide bonds. The lowest BCUT2D eigenvalue weighted by molar-refractivity contribution is 0.222. The molecule has 0 bridgehead atoms. The summed E-state index contributed by atoms with van der Waals surface area (Å²) in [5.74, 6) is 2.31. The first kappa shape index (κ1) is 13.3. The maximum atomic E-state index is 5.99. The molecule has 0 saturated heterocycles. The smallest absolute Gasteiger partial charge is 0.123 e. The number of nitrogens with one attached hydrogen (secondary N) is 1. The van der Waals surface area contributed by atoms with E-state index in [2.05, 4.69) is 48.3 Å². The van der Waals surface area contributed by atoms with Gasteiger partial charge in [0.15, 0.2) is 0 Å². The van der Waals surface area contributed by atoms with Crippen molar-refractivity contribution in [1.29, 1.82) is 0 Å². The second-order valence-corrected chi connectivity index (χ2v) is 7.01. The molecule has 3 atom stereocenters. The predicted octanol–water partition coefficient (Wildman–Crippen LogP) is 3.25. The minimum absolute atomic E-state index is 0.324. The van der Waals surface area contributed by atoms with Gasteiger partial charge in [-0.15, -0.1) is 0 Å². The number of para-hydroxylation sites is 1. The van der Waals surface area contributed by atoms with Gasteiger partial charge in [-0.05, 0) is 30.2 Å². The van der Waals surface area contributed by atoms with Crippen LogP contribution in [0.2, 0.25) is 0 Å². The summed E-state index contributed by atoms with van der Waals surface area (Å²) in [5.41, 5.74) is 1.36. The van der Waals surface area contributed by atoms with Crippen LogP contribution in [0.5, 0.6) is 5.75 Å². The van der Waals surface area contributed by atoms with Crippen LogP contribution in [-0.2, 0) is 6.42 Å². The molecule has 3 heteroatoms. The third-order valence-electron chi connectivity index (χ3n) is 4.15. The Balaban J connectivity index is 1.49. The molecule has 3 unspecified atom stereocenters. The van der Waals surface area contributed by atoms with E-state index in [1.807, 2.05) is 0 Å². The molecule has 1 aromatic carbocycles. The molecule has 0 radical (unpaired) electrons. The highest BCUT2D eigenvalue weighted by Crippen LogP contribution is 2.31. The van der Waals surface area contributed by atoms with E-state index in [-0.39, 0.29) is 0 Å². The van der Waals surface area contributed by atoms with E-state index < -0.39 is 0 Å². The molecule has 1 N–H and O–H groups in total. The maximum Gasteiger partial charge on any atom is 0.123 e. The first-order valence-corrected chi connectivity index (χ1v) is 8.51. The maximum absolute atomic E-state index is 5.99. The van der Waals surface area contributed by atoms with Crippen molar-refractivity contribution in [3.63, 3.8) is 0 Å². The molecule has 1 aliphatic carbocycles. The van der Waals surface area contributed by atoms with Crippen LogP contribution in [0.25, 0.3) is 0 Å². The summed E-state index contributed by atoms with van der Waals surface area (Å²) in [4.78, 5) is 0. The first-order valence-electron chi connectivity index (χ1n) is 7.46. The van der Waals surface area contributed by atoms with Gasteiger partial charge in [-0.1, -0.05) is 31.5 Å². The Morgan fingerprint density at radius 1 is 1.32 bits per heavy atom. The largest absolute Gasteiger partial charge is 0.488 e. The molecular formula is C16H23NOS. The lowest BCUT2D eigenvalue weighted by Gasteiger charge is -2.22. The van der Waals surface area contributed by atoms with Crippen molar-refractivity contribution in [3.05, 3.63) is 29.8 Å². The zero-order valence-corrected chi connectivity index (χ0v) is 12.4. The van der Waals surface area contributed by atoms with Crippen LogP contribution in [0.4, 0.5) is 0 Å². The molecule has 1 saturated carbocycles. The SMILES string of the molecule is CCSC1CCCC1NCC1Cc2ccccc2O1. The lowest BCUT2D eigenvalue weighted by Crippen LogP contribution is -2.40. The summed E-state index contributed by atoms with van der Waals surface area (Å²) >= 11 is 2.11. The third-order valence-corrected chi connectivity index (χ3v) is 5.48. The molecule has 1 aliphatic heterocycles. The van der Waals surface area contributed by atoms with Crippen molar-refractivity contribution in [1.82, 2.24) is 5.32 Å². The van der Waals surface area contributed by atoms with Crippen molar-refractivity contribution in [3.8, 4) is 5.75 Å². The molecular weight excluding hydrogens is 254 g/mol. The fourth-order valence-electron chi connectivity index (χ4n) is 3.22. The van der Waals surface area contributed by atoms with Gasteiger partial charge in [0.25, 0.3) is 0 Å². The monoisotopic (exact) mass is 277 g/mol. The molecule has 1 aromatic rings. The predicted molar refractivity (Wildman–Crippen MR) is 82.1 cm³/mol. The first-order chi connectivity index (χ1) is 9.36. The Hall–Kier alpha value is -0.670. The Labute approximate surface area is 120 Å². The molecule has 1 fully saturated rings. The highest BCUT2D eigenvalue weighted by atomic mass is 32.2. The number of fused-ring (bicyclic) bond motifs is 1. The van der Waals surface area contributed by atoms with E-state index in [1.54, 1.807) is 0 Å². The summed E-state index contributed by atoms with van der Waals surface area (Å²) in [5, 5.41) is 4.56. The molecule has 0 aromatic heterocycles. The number of hydrogen-bond donors (Lipinski definition) is 1. The van der Waals surface area contributed by atoms with Crippen LogP contribution >= 0.6 is 11.8 Å². The molecule has 19 heavy (non-hydrogen) atoms. The van der Waals surface area contributed by atoms with Crippen molar-refractivity contribution < 1.29 is 4.74 Å². The Morgan fingerprint density at radius 2 is 2.21 bits per heavy atom. The minimum Gasteiger partial charge on any atom is -0.488 e. The molecule has 2 aliphatic rings. The van der Waals surface area contributed by atoms with Gasteiger partial charge in [0, 0.05) is 24.3 Å². The van der Waals surface area contributed by atoms with Crippen molar-refractivity contribution in [2.75, 3.05) is 12.3 Å². The van der Waals surface area contributed by atoms with Gasteiger partial charge in [0.2, 0.25) is 0 Å². The summed E-state index contributed by atoms with van der Waals surface area (Å²) in [6.07, 6.45) is 5.47. The second-order valence-electron chi connectivity index (χ2n) is 5.49. The zero-order chi connectivity index (χ0) is 13.1. The van der Waals surface area contributed by atoms with E-state index in [9.17, 15) is 0 Å². The van der Waals surface area contributed by atoms with Gasteiger partial charge in [-0.3, -0.25) is 0 Å². The standard InChI is InChI=1S/C16H23NOS/c1-2-19-16-9-5-7-14(16)17-11-13-10-12-6-3-4-8-15(12)18-13/h3-4,6,8,13-14,16-17H,2,5,7,9-11H2,1H3. The van der Waals surface area contributed by atoms with Gasteiger partial charge in [-0.25, -0.2) is 0 Å². The Bertz CT molecular complexity index is 398. The van der Waals surface area contributed by atoms with E-state index in [0.29, 0.717) is 12.1 Å². The highest BCUT2D eigenvalue weighted by molar-refractivity contribution is 7.99. The number of thioether (sulfide) groups is 1. The van der Waals surface area contributed by atoms with E-state index in [4.69, 9.17) is 4.74 Å². The Kier molecular flexibility index (Phi) is 4.34. The van der Waals surface area contributed by atoms with Crippen molar-refractivity contribution >= 4 is 11.8 Å². The Morgan fingerprint density at radius 3 is 3.05 bits per heavy atom. The van der Waals surface area contributed by atoms with Crippen LogP contribution in [0.1, 0.15) is 31.7 Å². The molecule has 1 heterocycles. The van der Waals surface area contributed by atoms with Gasteiger partial charge in [0.05, 0.1) is 0 Å².